The molecule has 0 spiro atoms. The van der Waals surface area contributed by atoms with Crippen LogP contribution < -0.4 is 4.90 Å². The summed E-state index contributed by atoms with van der Waals surface area (Å²) in [6, 6.07) is 16.0. The second-order valence-electron chi connectivity index (χ2n) is 7.90. The Morgan fingerprint density at radius 2 is 1.73 bits per heavy atom. The monoisotopic (exact) mass is 425 g/mol. The van der Waals surface area contributed by atoms with Gasteiger partial charge in [0.2, 0.25) is 5.91 Å². The van der Waals surface area contributed by atoms with Gasteiger partial charge in [0.05, 0.1) is 16.8 Å². The number of nitrogens with zero attached hydrogens (tertiary/aromatic N) is 3. The molecule has 1 aliphatic carbocycles. The molecule has 2 aliphatic rings. The first kappa shape index (κ1) is 19.1. The number of carbonyl (C=O) groups excluding carboxylic acids is 1. The summed E-state index contributed by atoms with van der Waals surface area (Å²) in [6.45, 7) is 2.35. The largest absolute Gasteiger partial charge is 0.366 e. The Morgan fingerprint density at radius 3 is 2.40 bits per heavy atom. The molecule has 2 aromatic carbocycles. The van der Waals surface area contributed by atoms with Crippen LogP contribution in [0.3, 0.4) is 0 Å². The molecule has 2 heterocycles. The van der Waals surface area contributed by atoms with Crippen LogP contribution in [0.2, 0.25) is 5.02 Å². The van der Waals surface area contributed by atoms with Crippen molar-refractivity contribution in [2.75, 3.05) is 31.1 Å². The minimum absolute atomic E-state index is 0.0895. The third-order valence-electron chi connectivity index (χ3n) is 6.05. The molecule has 154 valence electrons. The highest BCUT2D eigenvalue weighted by molar-refractivity contribution is 6.30. The molecule has 0 atom stereocenters. The number of carbonyl (C=O) groups is 1. The van der Waals surface area contributed by atoms with Gasteiger partial charge in [0, 0.05) is 42.8 Å². The second-order valence-corrected chi connectivity index (χ2v) is 8.33. The number of benzene rings is 2. The van der Waals surface area contributed by atoms with Crippen molar-refractivity contribution < 1.29 is 13.7 Å². The third-order valence-corrected chi connectivity index (χ3v) is 6.30. The van der Waals surface area contributed by atoms with Gasteiger partial charge in [-0.15, -0.1) is 0 Å². The lowest BCUT2D eigenvalue weighted by Crippen LogP contribution is -2.51. The fourth-order valence-electron chi connectivity index (χ4n) is 4.12. The van der Waals surface area contributed by atoms with E-state index in [1.54, 1.807) is 24.3 Å². The van der Waals surface area contributed by atoms with Gasteiger partial charge in [0.1, 0.15) is 5.82 Å². The number of amides is 1. The van der Waals surface area contributed by atoms with Crippen LogP contribution in [-0.4, -0.2) is 42.1 Å². The molecule has 0 unspecified atom stereocenters. The van der Waals surface area contributed by atoms with Gasteiger partial charge in [-0.1, -0.05) is 28.9 Å². The Balaban J connectivity index is 1.29. The molecule has 30 heavy (non-hydrogen) atoms. The van der Waals surface area contributed by atoms with Crippen LogP contribution in [0.15, 0.2) is 59.1 Å². The van der Waals surface area contributed by atoms with Crippen LogP contribution in [0.4, 0.5) is 10.1 Å². The Labute approximate surface area is 179 Å². The average molecular weight is 426 g/mol. The van der Waals surface area contributed by atoms with E-state index in [1.165, 1.54) is 6.07 Å². The Bertz CT molecular complexity index is 1070. The van der Waals surface area contributed by atoms with Gasteiger partial charge in [0.25, 0.3) is 0 Å². The fourth-order valence-corrected chi connectivity index (χ4v) is 4.24. The van der Waals surface area contributed by atoms with Gasteiger partial charge < -0.3 is 14.3 Å². The average Bonchev–Trinajstić information content (AvgIpc) is 3.44. The van der Waals surface area contributed by atoms with Crippen molar-refractivity contribution in [3.63, 3.8) is 0 Å². The van der Waals surface area contributed by atoms with Gasteiger partial charge in [-0.25, -0.2) is 4.39 Å². The number of rotatable bonds is 4. The molecule has 7 heteroatoms. The van der Waals surface area contributed by atoms with Crippen LogP contribution in [0.5, 0.6) is 0 Å². The van der Waals surface area contributed by atoms with E-state index in [0.717, 1.165) is 18.4 Å². The smallest absolute Gasteiger partial charge is 0.235 e. The normalized spacial score (nSPS) is 17.8. The third kappa shape index (κ3) is 3.35. The Morgan fingerprint density at radius 1 is 1.03 bits per heavy atom. The first-order valence-corrected chi connectivity index (χ1v) is 10.5. The minimum atomic E-state index is -0.589. The van der Waals surface area contributed by atoms with Crippen LogP contribution in [0, 0.1) is 5.82 Å². The van der Waals surface area contributed by atoms with Crippen LogP contribution in [-0.2, 0) is 10.2 Å². The number of hydrogen-bond donors (Lipinski definition) is 0. The molecular formula is C23H21ClFN3O2. The molecule has 5 rings (SSSR count). The van der Waals surface area contributed by atoms with E-state index in [2.05, 4.69) is 5.16 Å². The number of aromatic nitrogens is 1. The summed E-state index contributed by atoms with van der Waals surface area (Å²) >= 11 is 5.95. The Hall–Kier alpha value is -2.86. The molecule has 0 N–H and O–H groups in total. The molecule has 1 amide bonds. The summed E-state index contributed by atoms with van der Waals surface area (Å²) in [4.78, 5) is 17.2. The van der Waals surface area contributed by atoms with E-state index in [1.807, 2.05) is 34.1 Å². The lowest BCUT2D eigenvalue weighted by atomic mass is 9.99. The molecule has 0 radical (unpaired) electrons. The zero-order valence-electron chi connectivity index (χ0n) is 16.4. The van der Waals surface area contributed by atoms with Crippen molar-refractivity contribution in [3.05, 3.63) is 71.1 Å². The van der Waals surface area contributed by atoms with Gasteiger partial charge in [-0.05, 0) is 49.2 Å². The maximum Gasteiger partial charge on any atom is 0.235 e. The number of halogens is 2. The van der Waals surface area contributed by atoms with Crippen molar-refractivity contribution in [3.8, 4) is 11.3 Å². The summed E-state index contributed by atoms with van der Waals surface area (Å²) in [5.41, 5.74) is 1.57. The van der Waals surface area contributed by atoms with Crippen LogP contribution in [0.25, 0.3) is 11.3 Å². The van der Waals surface area contributed by atoms with E-state index < -0.39 is 5.41 Å². The quantitative estimate of drug-likeness (QED) is 0.617. The Kier molecular flexibility index (Phi) is 4.74. The van der Waals surface area contributed by atoms with E-state index in [4.69, 9.17) is 16.1 Å². The molecule has 1 aliphatic heterocycles. The highest BCUT2D eigenvalue weighted by Crippen LogP contribution is 2.50. The van der Waals surface area contributed by atoms with Gasteiger partial charge in [-0.3, -0.25) is 4.79 Å². The lowest BCUT2D eigenvalue weighted by Gasteiger charge is -2.37. The predicted octanol–water partition coefficient (Wildman–Crippen LogP) is 4.51. The molecule has 0 bridgehead atoms. The maximum absolute atomic E-state index is 14.1. The number of anilines is 1. The summed E-state index contributed by atoms with van der Waals surface area (Å²) in [7, 11) is 0. The van der Waals surface area contributed by atoms with Crippen LogP contribution in [0.1, 0.15) is 18.5 Å². The lowest BCUT2D eigenvalue weighted by molar-refractivity contribution is -0.134. The molecule has 1 saturated heterocycles. The second kappa shape index (κ2) is 7.43. The van der Waals surface area contributed by atoms with E-state index in [9.17, 15) is 9.18 Å². The predicted molar refractivity (Wildman–Crippen MR) is 113 cm³/mol. The molecule has 3 aromatic rings. The van der Waals surface area contributed by atoms with E-state index in [-0.39, 0.29) is 11.7 Å². The standard InChI is InChI=1S/C23H21ClFN3O2/c24-17-7-5-16(6-8-17)20-15-21(26-30-20)23(9-10-23)22(29)28-13-11-27(12-14-28)19-4-2-1-3-18(19)25/h1-8,15H,9-14H2. The van der Waals surface area contributed by atoms with E-state index >= 15 is 0 Å². The van der Waals surface area contributed by atoms with Crippen molar-refractivity contribution >= 4 is 23.2 Å². The number of hydrogen-bond acceptors (Lipinski definition) is 4. The van der Waals surface area contributed by atoms with Gasteiger partial charge >= 0.3 is 0 Å². The van der Waals surface area contributed by atoms with E-state index in [0.29, 0.717) is 48.3 Å². The molecular weight excluding hydrogens is 405 g/mol. The highest BCUT2D eigenvalue weighted by atomic mass is 35.5. The highest BCUT2D eigenvalue weighted by Gasteiger charge is 2.55. The number of para-hydroxylation sites is 1. The molecule has 1 aromatic heterocycles. The SMILES string of the molecule is O=C(N1CCN(c2ccccc2F)CC1)C1(c2cc(-c3ccc(Cl)cc3)on2)CC1. The zero-order valence-corrected chi connectivity index (χ0v) is 17.1. The van der Waals surface area contributed by atoms with Crippen molar-refractivity contribution in [2.24, 2.45) is 0 Å². The minimum Gasteiger partial charge on any atom is -0.366 e. The van der Waals surface area contributed by atoms with Crippen molar-refractivity contribution in [1.82, 2.24) is 10.1 Å². The zero-order chi connectivity index (χ0) is 20.7. The molecule has 1 saturated carbocycles. The van der Waals surface area contributed by atoms with Crippen LogP contribution >= 0.6 is 11.6 Å². The van der Waals surface area contributed by atoms with Crippen molar-refractivity contribution in [1.29, 1.82) is 0 Å². The molecule has 2 fully saturated rings. The summed E-state index contributed by atoms with van der Waals surface area (Å²) in [6.07, 6.45) is 1.54. The maximum atomic E-state index is 14.1. The summed E-state index contributed by atoms with van der Waals surface area (Å²) in [5, 5.41) is 4.88. The van der Waals surface area contributed by atoms with Crippen molar-refractivity contribution in [2.45, 2.75) is 18.3 Å². The first-order valence-electron chi connectivity index (χ1n) is 10.1. The van der Waals surface area contributed by atoms with Gasteiger partial charge in [0.15, 0.2) is 5.76 Å². The van der Waals surface area contributed by atoms with Gasteiger partial charge in [-0.2, -0.15) is 0 Å². The topological polar surface area (TPSA) is 49.6 Å². The first-order chi connectivity index (χ1) is 14.6. The summed E-state index contributed by atoms with van der Waals surface area (Å²) < 4.78 is 19.6. The summed E-state index contributed by atoms with van der Waals surface area (Å²) in [5.74, 6) is 0.491. The fraction of sp³-hybridized carbons (Fsp3) is 0.304. The number of piperazine rings is 1. The molecule has 5 nitrogen and oxygen atoms in total.